The van der Waals surface area contributed by atoms with Gasteiger partial charge in [0, 0.05) is 18.8 Å². The molecule has 0 aliphatic carbocycles. The second kappa shape index (κ2) is 8.10. The van der Waals surface area contributed by atoms with E-state index in [1.807, 2.05) is 24.3 Å². The van der Waals surface area contributed by atoms with Gasteiger partial charge in [-0.05, 0) is 55.7 Å². The summed E-state index contributed by atoms with van der Waals surface area (Å²) < 4.78 is 5.71. The average Bonchev–Trinajstić information content (AvgIpc) is 2.67. The number of ether oxygens (including phenoxy) is 1. The number of hydrogen-bond acceptors (Lipinski definition) is 5. The molecule has 0 spiro atoms. The number of aliphatic hydroxyl groups is 1. The number of aromatic nitrogens is 2. The Morgan fingerprint density at radius 3 is 2.48 bits per heavy atom. The number of ketones is 1. The highest BCUT2D eigenvalue weighted by Gasteiger charge is 2.16. The van der Waals surface area contributed by atoms with Crippen LogP contribution in [-0.4, -0.2) is 20.9 Å². The molecule has 1 N–H and O–H groups in total. The van der Waals surface area contributed by atoms with Crippen molar-refractivity contribution in [2.45, 2.75) is 32.3 Å². The lowest BCUT2D eigenvalue weighted by atomic mass is 9.96. The van der Waals surface area contributed by atoms with Gasteiger partial charge in [-0.25, -0.2) is 4.98 Å². The minimum absolute atomic E-state index is 0.0337. The molecule has 0 saturated heterocycles. The molecule has 0 bridgehead atoms. The number of aryl methyl sites for hydroxylation is 1. The van der Waals surface area contributed by atoms with Crippen LogP contribution < -0.4 is 4.74 Å². The first-order chi connectivity index (χ1) is 12.9. The molecule has 3 rings (SSSR count). The van der Waals surface area contributed by atoms with Crippen molar-refractivity contribution in [1.82, 2.24) is 9.97 Å². The highest BCUT2D eigenvalue weighted by atomic mass is 16.5. The third-order valence-corrected chi connectivity index (χ3v) is 4.22. The predicted molar refractivity (Wildman–Crippen MR) is 103 cm³/mol. The second-order valence-corrected chi connectivity index (χ2v) is 6.83. The Balaban J connectivity index is 1.68. The van der Waals surface area contributed by atoms with Crippen LogP contribution in [0.2, 0.25) is 0 Å². The second-order valence-electron chi connectivity index (χ2n) is 6.83. The third-order valence-electron chi connectivity index (χ3n) is 4.22. The standard InChI is InChI=1S/C22H22N2O3/c1-22(2,26)17-10-7-16(8-11-17)9-12-20(25)19-6-4-14-24-21(19)27-18-5-3-13-23-15-18/h3-8,10-11,13-15,26H,9,12H2,1-2H3. The summed E-state index contributed by atoms with van der Waals surface area (Å²) in [7, 11) is 0. The molecule has 0 fully saturated rings. The number of hydrogen-bond donors (Lipinski definition) is 1. The Bertz CT molecular complexity index is 901. The summed E-state index contributed by atoms with van der Waals surface area (Å²) in [4.78, 5) is 20.9. The van der Waals surface area contributed by atoms with E-state index < -0.39 is 5.60 Å². The van der Waals surface area contributed by atoms with Crippen LogP contribution in [0, 0.1) is 0 Å². The van der Waals surface area contributed by atoms with Crippen LogP contribution in [0.3, 0.4) is 0 Å². The lowest BCUT2D eigenvalue weighted by molar-refractivity contribution is 0.0785. The van der Waals surface area contributed by atoms with E-state index in [1.165, 1.54) is 0 Å². The number of carbonyl (C=O) groups is 1. The first-order valence-corrected chi connectivity index (χ1v) is 8.81. The van der Waals surface area contributed by atoms with Gasteiger partial charge in [0.25, 0.3) is 0 Å². The number of carbonyl (C=O) groups excluding carboxylic acids is 1. The van der Waals surface area contributed by atoms with Gasteiger partial charge in [0.05, 0.1) is 17.4 Å². The van der Waals surface area contributed by atoms with Crippen molar-refractivity contribution < 1.29 is 14.6 Å². The van der Waals surface area contributed by atoms with Crippen LogP contribution in [0.5, 0.6) is 11.6 Å². The molecule has 0 atom stereocenters. The minimum Gasteiger partial charge on any atom is -0.437 e. The van der Waals surface area contributed by atoms with E-state index in [-0.39, 0.29) is 11.7 Å². The van der Waals surface area contributed by atoms with Crippen LogP contribution in [0.1, 0.15) is 41.8 Å². The molecule has 3 aromatic rings. The highest BCUT2D eigenvalue weighted by Crippen LogP contribution is 2.24. The van der Waals surface area contributed by atoms with Gasteiger partial charge < -0.3 is 9.84 Å². The zero-order valence-corrected chi connectivity index (χ0v) is 15.4. The zero-order chi connectivity index (χ0) is 19.3. The Morgan fingerprint density at radius 2 is 1.81 bits per heavy atom. The van der Waals surface area contributed by atoms with Gasteiger partial charge in [-0.2, -0.15) is 0 Å². The highest BCUT2D eigenvalue weighted by molar-refractivity contribution is 5.98. The molecule has 2 aromatic heterocycles. The molecule has 0 unspecified atom stereocenters. The molecule has 5 heteroatoms. The fourth-order valence-electron chi connectivity index (χ4n) is 2.68. The molecule has 0 aliphatic heterocycles. The first kappa shape index (κ1) is 18.7. The van der Waals surface area contributed by atoms with Crippen molar-refractivity contribution in [3.63, 3.8) is 0 Å². The van der Waals surface area contributed by atoms with E-state index in [9.17, 15) is 9.90 Å². The summed E-state index contributed by atoms with van der Waals surface area (Å²) in [5.41, 5.74) is 1.46. The smallest absolute Gasteiger partial charge is 0.230 e. The number of benzene rings is 1. The zero-order valence-electron chi connectivity index (χ0n) is 15.4. The van der Waals surface area contributed by atoms with Crippen LogP contribution >= 0.6 is 0 Å². The Morgan fingerprint density at radius 1 is 1.07 bits per heavy atom. The summed E-state index contributed by atoms with van der Waals surface area (Å²) in [6.45, 7) is 3.50. The maximum Gasteiger partial charge on any atom is 0.230 e. The van der Waals surface area contributed by atoms with E-state index in [4.69, 9.17) is 4.74 Å². The maximum absolute atomic E-state index is 12.7. The van der Waals surface area contributed by atoms with Gasteiger partial charge >= 0.3 is 0 Å². The molecule has 0 aliphatic rings. The number of Topliss-reactive ketones (excluding diaryl/α,β-unsaturated/α-hetero) is 1. The van der Waals surface area contributed by atoms with Gasteiger partial charge in [0.15, 0.2) is 5.78 Å². The van der Waals surface area contributed by atoms with Gasteiger partial charge in [0.2, 0.25) is 5.88 Å². The molecule has 5 nitrogen and oxygen atoms in total. The molecule has 0 radical (unpaired) electrons. The molecule has 0 amide bonds. The van der Waals surface area contributed by atoms with Crippen LogP contribution in [0.25, 0.3) is 0 Å². The van der Waals surface area contributed by atoms with Crippen LogP contribution in [-0.2, 0) is 12.0 Å². The topological polar surface area (TPSA) is 72.3 Å². The normalized spacial score (nSPS) is 11.2. The molecule has 2 heterocycles. The summed E-state index contributed by atoms with van der Waals surface area (Å²) in [5.74, 6) is 0.786. The van der Waals surface area contributed by atoms with E-state index in [2.05, 4.69) is 9.97 Å². The van der Waals surface area contributed by atoms with E-state index in [1.54, 1.807) is 56.7 Å². The number of pyridine rings is 2. The van der Waals surface area contributed by atoms with Gasteiger partial charge in [-0.3, -0.25) is 9.78 Å². The average molecular weight is 362 g/mol. The van der Waals surface area contributed by atoms with E-state index in [0.29, 0.717) is 24.2 Å². The van der Waals surface area contributed by atoms with Crippen molar-refractivity contribution in [1.29, 1.82) is 0 Å². The largest absolute Gasteiger partial charge is 0.437 e. The summed E-state index contributed by atoms with van der Waals surface area (Å²) >= 11 is 0. The quantitative estimate of drug-likeness (QED) is 0.634. The van der Waals surface area contributed by atoms with Crippen molar-refractivity contribution in [3.8, 4) is 11.6 Å². The Labute approximate surface area is 158 Å². The lowest BCUT2D eigenvalue weighted by Gasteiger charge is -2.17. The maximum atomic E-state index is 12.7. The van der Waals surface area contributed by atoms with Gasteiger partial charge in [-0.15, -0.1) is 0 Å². The van der Waals surface area contributed by atoms with Crippen LogP contribution in [0.15, 0.2) is 67.1 Å². The molecule has 138 valence electrons. The Hall–Kier alpha value is -3.05. The molecular weight excluding hydrogens is 340 g/mol. The van der Waals surface area contributed by atoms with Gasteiger partial charge in [0.1, 0.15) is 5.75 Å². The van der Waals surface area contributed by atoms with E-state index in [0.717, 1.165) is 11.1 Å². The van der Waals surface area contributed by atoms with Crippen molar-refractivity contribution in [2.75, 3.05) is 0 Å². The Kier molecular flexibility index (Phi) is 5.62. The van der Waals surface area contributed by atoms with Crippen molar-refractivity contribution >= 4 is 5.78 Å². The fourth-order valence-corrected chi connectivity index (χ4v) is 2.68. The third kappa shape index (κ3) is 4.99. The molecule has 27 heavy (non-hydrogen) atoms. The predicted octanol–water partition coefficient (Wildman–Crippen LogP) is 4.31. The van der Waals surface area contributed by atoms with Crippen molar-refractivity contribution in [2.24, 2.45) is 0 Å². The van der Waals surface area contributed by atoms with Crippen molar-refractivity contribution in [3.05, 3.63) is 83.8 Å². The molecule has 0 saturated carbocycles. The molecular formula is C22H22N2O3. The first-order valence-electron chi connectivity index (χ1n) is 8.81. The van der Waals surface area contributed by atoms with Gasteiger partial charge in [-0.1, -0.05) is 24.3 Å². The molecule has 1 aromatic carbocycles. The lowest BCUT2D eigenvalue weighted by Crippen LogP contribution is -2.15. The SMILES string of the molecule is CC(C)(O)c1ccc(CCC(=O)c2cccnc2Oc2cccnc2)cc1. The van der Waals surface area contributed by atoms with E-state index >= 15 is 0 Å². The summed E-state index contributed by atoms with van der Waals surface area (Å²) in [6.07, 6.45) is 5.77. The summed E-state index contributed by atoms with van der Waals surface area (Å²) in [5, 5.41) is 10.0. The monoisotopic (exact) mass is 362 g/mol. The number of nitrogens with zero attached hydrogens (tertiary/aromatic N) is 2. The van der Waals surface area contributed by atoms with Crippen LogP contribution in [0.4, 0.5) is 0 Å². The number of rotatable bonds is 7. The fraction of sp³-hybridized carbons (Fsp3) is 0.227. The minimum atomic E-state index is -0.872. The summed E-state index contributed by atoms with van der Waals surface area (Å²) in [6, 6.07) is 14.6.